The molecule has 0 saturated carbocycles. The molecule has 1 N–H and O–H groups in total. The van der Waals surface area contributed by atoms with Crippen LogP contribution >= 0.6 is 18.9 Å². The van der Waals surface area contributed by atoms with Gasteiger partial charge in [0, 0.05) is 36.5 Å². The third-order valence-electron chi connectivity index (χ3n) is 5.39. The van der Waals surface area contributed by atoms with E-state index in [0.717, 1.165) is 31.5 Å². The molecule has 0 aliphatic carbocycles. The standard InChI is InChI=1S/C22H25N2O9PS.C5H13N/c1-29-35-34(23-12-15-30-16-13-23)18-10-8-17(9-11-18)32-22(26)19-5-2-3-6-20(19)33-21(25)7-4-14-31-24(27)28;1-3-5-6-4-2/h2-3,5-6,8-11H,4,7,12-16H2,1H3;6H,3-5H2,1-2H3. The van der Waals surface area contributed by atoms with Crippen LogP contribution in [0.2, 0.25) is 0 Å². The van der Waals surface area contributed by atoms with Gasteiger partial charge in [0.2, 0.25) is 0 Å². The van der Waals surface area contributed by atoms with Crippen LogP contribution in [0.25, 0.3) is 0 Å². The Morgan fingerprint density at radius 3 is 2.41 bits per heavy atom. The Kier molecular flexibility index (Phi) is 16.9. The first-order valence-electron chi connectivity index (χ1n) is 13.3. The van der Waals surface area contributed by atoms with Crippen LogP contribution in [0.15, 0.2) is 48.5 Å². The van der Waals surface area contributed by atoms with Gasteiger partial charge < -0.3 is 28.5 Å². The van der Waals surface area contributed by atoms with Crippen molar-refractivity contribution >= 4 is 36.2 Å². The molecule has 0 amide bonds. The van der Waals surface area contributed by atoms with Crippen molar-refractivity contribution in [3.8, 4) is 11.5 Å². The molecule has 1 saturated heterocycles. The molecule has 2 aromatic carbocycles. The molecule has 0 aromatic heterocycles. The van der Waals surface area contributed by atoms with Crippen LogP contribution in [0.1, 0.15) is 43.5 Å². The summed E-state index contributed by atoms with van der Waals surface area (Å²) in [6.07, 6.45) is 1.24. The molecule has 1 atom stereocenters. The van der Waals surface area contributed by atoms with Crippen molar-refractivity contribution in [1.82, 2.24) is 9.99 Å². The monoisotopic (exact) mass is 611 g/mol. The maximum absolute atomic E-state index is 12.8. The van der Waals surface area contributed by atoms with Gasteiger partial charge in [0.1, 0.15) is 17.1 Å². The second-order valence-corrected chi connectivity index (χ2v) is 12.0. The van der Waals surface area contributed by atoms with Crippen LogP contribution in [0.4, 0.5) is 0 Å². The van der Waals surface area contributed by atoms with Gasteiger partial charge in [0.05, 0.1) is 34.2 Å². The van der Waals surface area contributed by atoms with E-state index in [1.165, 1.54) is 30.2 Å². The molecular weight excluding hydrogens is 573 g/mol. The Morgan fingerprint density at radius 1 is 1.10 bits per heavy atom. The van der Waals surface area contributed by atoms with Crippen molar-refractivity contribution in [3.05, 3.63) is 64.2 Å². The van der Waals surface area contributed by atoms with Crippen LogP contribution in [-0.2, 0) is 18.6 Å². The Hall–Kier alpha value is -2.80. The minimum absolute atomic E-state index is 0.0432. The van der Waals surface area contributed by atoms with E-state index in [1.807, 2.05) is 12.1 Å². The molecule has 0 bridgehead atoms. The summed E-state index contributed by atoms with van der Waals surface area (Å²) >= 11 is 1.41. The summed E-state index contributed by atoms with van der Waals surface area (Å²) in [6, 6.07) is 13.4. The molecule has 1 aliphatic heterocycles. The fourth-order valence-corrected chi connectivity index (χ4v) is 6.87. The lowest BCUT2D eigenvalue weighted by Crippen LogP contribution is -2.34. The largest absolute Gasteiger partial charge is 0.426 e. The summed E-state index contributed by atoms with van der Waals surface area (Å²) in [7, 11) is 0.868. The number of hydrogen-bond donors (Lipinski definition) is 1. The maximum Gasteiger partial charge on any atom is 0.347 e. The van der Waals surface area contributed by atoms with E-state index in [1.54, 1.807) is 31.4 Å². The lowest BCUT2D eigenvalue weighted by Gasteiger charge is -2.32. The van der Waals surface area contributed by atoms with Gasteiger partial charge in [-0.25, -0.2) is 4.79 Å². The van der Waals surface area contributed by atoms with Crippen molar-refractivity contribution < 1.29 is 37.9 Å². The highest BCUT2D eigenvalue weighted by Gasteiger charge is 2.24. The van der Waals surface area contributed by atoms with Crippen LogP contribution in [0.5, 0.6) is 11.5 Å². The lowest BCUT2D eigenvalue weighted by atomic mass is 10.2. The first-order chi connectivity index (χ1) is 19.9. The van der Waals surface area contributed by atoms with E-state index in [9.17, 15) is 19.7 Å². The Labute approximate surface area is 245 Å². The first-order valence-corrected chi connectivity index (χ1v) is 16.0. The van der Waals surface area contributed by atoms with Crippen LogP contribution in [-0.4, -0.2) is 74.8 Å². The molecular formula is C27H38N3O9PS. The second kappa shape index (κ2) is 20.1. The van der Waals surface area contributed by atoms with Gasteiger partial charge in [-0.2, -0.15) is 0 Å². The van der Waals surface area contributed by atoms with Gasteiger partial charge >= 0.3 is 11.9 Å². The van der Waals surface area contributed by atoms with Gasteiger partial charge in [-0.05, 0) is 62.3 Å². The fraction of sp³-hybridized carbons (Fsp3) is 0.481. The van der Waals surface area contributed by atoms with E-state index >= 15 is 0 Å². The predicted molar refractivity (Wildman–Crippen MR) is 158 cm³/mol. The molecule has 0 radical (unpaired) electrons. The SMILES string of the molecule is CCCNCC.COSP(c1ccc(OC(=O)c2ccccc2OC(=O)CCCO[N+](=O)[O-])cc1)N1CCOCC1. The summed E-state index contributed by atoms with van der Waals surface area (Å²) in [4.78, 5) is 39.2. The van der Waals surface area contributed by atoms with Crippen molar-refractivity contribution in [2.75, 3.05) is 53.1 Å². The summed E-state index contributed by atoms with van der Waals surface area (Å²) in [6.45, 7) is 9.32. The minimum atomic E-state index is -0.927. The van der Waals surface area contributed by atoms with Gasteiger partial charge in [-0.3, -0.25) is 9.46 Å². The molecule has 1 aliphatic rings. The molecule has 1 fully saturated rings. The normalized spacial score (nSPS) is 13.8. The predicted octanol–water partition coefficient (Wildman–Crippen LogP) is 4.37. The first kappa shape index (κ1) is 34.4. The van der Waals surface area contributed by atoms with Crippen LogP contribution < -0.4 is 20.1 Å². The highest BCUT2D eigenvalue weighted by atomic mass is 32.7. The van der Waals surface area contributed by atoms with Gasteiger partial charge in [0.15, 0.2) is 0 Å². The van der Waals surface area contributed by atoms with E-state index in [2.05, 4.69) is 28.7 Å². The van der Waals surface area contributed by atoms with E-state index in [0.29, 0.717) is 19.0 Å². The summed E-state index contributed by atoms with van der Waals surface area (Å²) in [5.41, 5.74) is 0.0805. The van der Waals surface area contributed by atoms with Gasteiger partial charge in [-0.15, -0.1) is 10.1 Å². The molecule has 2 aromatic rings. The second-order valence-electron chi connectivity index (χ2n) is 8.45. The molecule has 3 rings (SSSR count). The average molecular weight is 612 g/mol. The highest BCUT2D eigenvalue weighted by molar-refractivity contribution is 8.54. The number of nitrogens with one attached hydrogen (secondary N) is 1. The molecule has 1 heterocycles. The van der Waals surface area contributed by atoms with Crippen molar-refractivity contribution in [2.45, 2.75) is 33.1 Å². The summed E-state index contributed by atoms with van der Waals surface area (Å²) in [5.74, 6) is -0.939. The molecule has 1 unspecified atom stereocenters. The number of ether oxygens (including phenoxy) is 3. The number of carbonyl (C=O) groups excluding carboxylic acids is 2. The number of hydrogen-bond acceptors (Lipinski definition) is 12. The van der Waals surface area contributed by atoms with Crippen molar-refractivity contribution in [2.24, 2.45) is 0 Å². The molecule has 14 heteroatoms. The number of para-hydroxylation sites is 1. The Bertz CT molecular complexity index is 1070. The maximum atomic E-state index is 12.8. The van der Waals surface area contributed by atoms with Crippen LogP contribution in [0, 0.1) is 10.1 Å². The minimum Gasteiger partial charge on any atom is -0.426 e. The molecule has 41 heavy (non-hydrogen) atoms. The van der Waals surface area contributed by atoms with Crippen LogP contribution in [0.3, 0.4) is 0 Å². The lowest BCUT2D eigenvalue weighted by molar-refractivity contribution is -0.757. The summed E-state index contributed by atoms with van der Waals surface area (Å²) < 4.78 is 23.9. The zero-order chi connectivity index (χ0) is 29.9. The quantitative estimate of drug-likeness (QED) is 0.0582. The number of benzene rings is 2. The number of nitrogens with zero attached hydrogens (tertiary/aromatic N) is 2. The number of morpholine rings is 1. The zero-order valence-electron chi connectivity index (χ0n) is 23.6. The van der Waals surface area contributed by atoms with Crippen molar-refractivity contribution in [3.63, 3.8) is 0 Å². The highest BCUT2D eigenvalue weighted by Crippen LogP contribution is 2.52. The topological polar surface area (TPSA) is 139 Å². The van der Waals surface area contributed by atoms with Gasteiger partial charge in [0.25, 0.3) is 5.09 Å². The summed E-state index contributed by atoms with van der Waals surface area (Å²) in [5, 5.41) is 13.5. The molecule has 0 spiro atoms. The smallest absolute Gasteiger partial charge is 0.347 e. The number of rotatable bonds is 15. The zero-order valence-corrected chi connectivity index (χ0v) is 25.3. The van der Waals surface area contributed by atoms with Crippen molar-refractivity contribution in [1.29, 1.82) is 0 Å². The van der Waals surface area contributed by atoms with E-state index < -0.39 is 24.3 Å². The third-order valence-corrected chi connectivity index (χ3v) is 9.53. The average Bonchev–Trinajstić information content (AvgIpc) is 2.98. The number of esters is 2. The Morgan fingerprint density at radius 2 is 1.80 bits per heavy atom. The number of carbonyl (C=O) groups is 2. The fourth-order valence-electron chi connectivity index (χ4n) is 3.47. The van der Waals surface area contributed by atoms with Gasteiger partial charge in [-0.1, -0.05) is 26.0 Å². The molecule has 12 nitrogen and oxygen atoms in total. The van der Waals surface area contributed by atoms with E-state index in [-0.39, 0.29) is 30.8 Å². The Balaban J connectivity index is 0.000000883. The third kappa shape index (κ3) is 13.2. The van der Waals surface area contributed by atoms with E-state index in [4.69, 9.17) is 18.4 Å². The molecule has 226 valence electrons.